The van der Waals surface area contributed by atoms with E-state index in [1.54, 1.807) is 11.9 Å². The van der Waals surface area contributed by atoms with Gasteiger partial charge in [-0.3, -0.25) is 9.48 Å². The van der Waals surface area contributed by atoms with E-state index >= 15 is 0 Å². The molecular weight excluding hydrogens is 363 g/mol. The largest absolute Gasteiger partial charge is 0.338 e. The number of halogens is 1. The van der Waals surface area contributed by atoms with Crippen molar-refractivity contribution in [3.05, 3.63) is 12.4 Å². The number of nitrogens with zero attached hydrogens (tertiary/aromatic N) is 6. The zero-order valence-corrected chi connectivity index (χ0v) is 15.1. The summed E-state index contributed by atoms with van der Waals surface area (Å²) in [6.45, 7) is 1.14. The van der Waals surface area contributed by atoms with Crippen molar-refractivity contribution in [2.75, 3.05) is 26.2 Å². The van der Waals surface area contributed by atoms with Crippen LogP contribution < -0.4 is 0 Å². The fourth-order valence-corrected chi connectivity index (χ4v) is 4.52. The molecule has 0 radical (unpaired) electrons. The minimum absolute atomic E-state index is 0.0340. The average molecular weight is 382 g/mol. The van der Waals surface area contributed by atoms with Crippen LogP contribution in [0.4, 0.5) is 4.39 Å². The Kier molecular flexibility index (Phi) is 4.14. The molecule has 2 aliphatic heterocycles. The van der Waals surface area contributed by atoms with Crippen LogP contribution in [0, 0.1) is 5.92 Å². The molecule has 1 saturated carbocycles. The van der Waals surface area contributed by atoms with Crippen molar-refractivity contribution in [3.8, 4) is 0 Å². The van der Waals surface area contributed by atoms with Crippen molar-refractivity contribution in [3.63, 3.8) is 0 Å². The normalized spacial score (nSPS) is 25.2. The molecule has 11 heteroatoms. The Labute approximate surface area is 150 Å². The van der Waals surface area contributed by atoms with E-state index in [1.807, 2.05) is 0 Å². The minimum Gasteiger partial charge on any atom is -0.338 e. The lowest BCUT2D eigenvalue weighted by Crippen LogP contribution is -2.51. The Bertz CT molecular complexity index is 896. The van der Waals surface area contributed by atoms with Crippen molar-refractivity contribution in [1.29, 1.82) is 0 Å². The number of guanidine groups is 1. The van der Waals surface area contributed by atoms with Crippen LogP contribution in [0.2, 0.25) is 0 Å². The van der Waals surface area contributed by atoms with Gasteiger partial charge in [0.25, 0.3) is 5.91 Å². The van der Waals surface area contributed by atoms with E-state index in [-0.39, 0.29) is 35.6 Å². The van der Waals surface area contributed by atoms with Gasteiger partial charge in [0.1, 0.15) is 4.90 Å². The van der Waals surface area contributed by atoms with E-state index in [0.29, 0.717) is 13.1 Å². The number of aliphatic imine (C=N–C) groups is 2. The molecule has 2 fully saturated rings. The second kappa shape index (κ2) is 6.23. The third-order valence-electron chi connectivity index (χ3n) is 4.75. The number of carbonyl (C=O) groups is 1. The lowest BCUT2D eigenvalue weighted by atomic mass is 10.1. The van der Waals surface area contributed by atoms with Gasteiger partial charge in [-0.25, -0.2) is 17.8 Å². The number of rotatable bonds is 3. The van der Waals surface area contributed by atoms with Gasteiger partial charge < -0.3 is 4.90 Å². The number of alkyl halides is 1. The maximum Gasteiger partial charge on any atom is 0.289 e. The number of hydrogen-bond donors (Lipinski definition) is 0. The molecule has 1 aromatic rings. The van der Waals surface area contributed by atoms with Crippen molar-refractivity contribution in [2.45, 2.75) is 23.9 Å². The van der Waals surface area contributed by atoms with E-state index in [1.165, 1.54) is 21.4 Å². The van der Waals surface area contributed by atoms with Crippen LogP contribution in [0.25, 0.3) is 0 Å². The maximum absolute atomic E-state index is 14.0. The van der Waals surface area contributed by atoms with Gasteiger partial charge in [-0.1, -0.05) is 0 Å². The standard InChI is InChI=1S/C15H19FN6O3S/c1-20-9-11(8-17-20)26(24,25)22-6-4-21(5-7-22)15-18-13(10-2-3-10)12(16)14(23)19-15/h8-10,12H,2-7H2,1H3. The summed E-state index contributed by atoms with van der Waals surface area (Å²) in [5.74, 6) is -0.585. The molecule has 9 nitrogen and oxygen atoms in total. The number of aryl methyl sites for hydroxylation is 1. The van der Waals surface area contributed by atoms with Gasteiger partial charge in [0.15, 0.2) is 0 Å². The van der Waals surface area contributed by atoms with Crippen LogP contribution in [0.1, 0.15) is 12.8 Å². The van der Waals surface area contributed by atoms with Crippen molar-refractivity contribution in [1.82, 2.24) is 19.0 Å². The first-order valence-corrected chi connectivity index (χ1v) is 9.89. The van der Waals surface area contributed by atoms with E-state index in [2.05, 4.69) is 15.1 Å². The number of piperazine rings is 1. The molecule has 3 aliphatic rings. The molecular formula is C15H19FN6O3S. The summed E-state index contributed by atoms with van der Waals surface area (Å²) in [5.41, 5.74) is 0.269. The molecule has 1 saturated heterocycles. The zero-order chi connectivity index (χ0) is 18.5. The Hall–Kier alpha value is -2.14. The van der Waals surface area contributed by atoms with Crippen LogP contribution in [-0.2, 0) is 21.9 Å². The van der Waals surface area contributed by atoms with Gasteiger partial charge in [-0.15, -0.1) is 0 Å². The summed E-state index contributed by atoms with van der Waals surface area (Å²) in [6, 6.07) is 0. The monoisotopic (exact) mass is 382 g/mol. The van der Waals surface area contributed by atoms with Gasteiger partial charge in [0, 0.05) is 45.3 Å². The Morgan fingerprint density at radius 1 is 1.15 bits per heavy atom. The lowest BCUT2D eigenvalue weighted by molar-refractivity contribution is -0.120. The molecule has 3 heterocycles. The molecule has 1 aromatic heterocycles. The SMILES string of the molecule is Cn1cc(S(=O)(=O)N2CCN(C3=NC(=O)C(F)C(C4CC4)=N3)CC2)cn1. The summed E-state index contributed by atoms with van der Waals surface area (Å²) >= 11 is 0. The highest BCUT2D eigenvalue weighted by Gasteiger charge is 2.40. The molecule has 4 rings (SSSR count). The summed E-state index contributed by atoms with van der Waals surface area (Å²) < 4.78 is 42.0. The Morgan fingerprint density at radius 2 is 1.85 bits per heavy atom. The molecule has 1 aliphatic carbocycles. The highest BCUT2D eigenvalue weighted by atomic mass is 32.2. The van der Waals surface area contributed by atoms with E-state index in [4.69, 9.17) is 0 Å². The van der Waals surface area contributed by atoms with Gasteiger partial charge in [-0.05, 0) is 12.8 Å². The number of amides is 1. The quantitative estimate of drug-likeness (QED) is 0.721. The number of sulfonamides is 1. The predicted molar refractivity (Wildman–Crippen MR) is 91.0 cm³/mol. The molecule has 0 N–H and O–H groups in total. The molecule has 1 amide bonds. The average Bonchev–Trinajstić information content (AvgIpc) is 3.37. The van der Waals surface area contributed by atoms with Gasteiger partial charge in [0.2, 0.25) is 22.2 Å². The lowest BCUT2D eigenvalue weighted by Gasteiger charge is -2.35. The first kappa shape index (κ1) is 17.3. The molecule has 140 valence electrons. The van der Waals surface area contributed by atoms with E-state index < -0.39 is 22.1 Å². The minimum atomic E-state index is -3.61. The van der Waals surface area contributed by atoms with E-state index in [9.17, 15) is 17.6 Å². The molecule has 1 atom stereocenters. The van der Waals surface area contributed by atoms with Crippen LogP contribution >= 0.6 is 0 Å². The third-order valence-corrected chi connectivity index (χ3v) is 6.60. The molecule has 0 spiro atoms. The topological polar surface area (TPSA) is 100 Å². The first-order valence-electron chi connectivity index (χ1n) is 8.45. The molecule has 0 aromatic carbocycles. The molecule has 1 unspecified atom stereocenters. The van der Waals surface area contributed by atoms with Gasteiger partial charge >= 0.3 is 0 Å². The Balaban J connectivity index is 1.47. The zero-order valence-electron chi connectivity index (χ0n) is 14.2. The van der Waals surface area contributed by atoms with Crippen molar-refractivity contribution >= 4 is 27.6 Å². The Morgan fingerprint density at radius 3 is 2.42 bits per heavy atom. The second-order valence-corrected chi connectivity index (χ2v) is 8.60. The number of aromatic nitrogens is 2. The maximum atomic E-state index is 14.0. The first-order chi connectivity index (χ1) is 12.4. The predicted octanol–water partition coefficient (Wildman–Crippen LogP) is -0.188. The summed E-state index contributed by atoms with van der Waals surface area (Å²) in [4.78, 5) is 21.7. The number of hydrogen-bond acceptors (Lipinski definition) is 6. The summed E-state index contributed by atoms with van der Waals surface area (Å²) in [7, 11) is -1.95. The smallest absolute Gasteiger partial charge is 0.289 e. The van der Waals surface area contributed by atoms with Crippen LogP contribution in [0.15, 0.2) is 27.3 Å². The van der Waals surface area contributed by atoms with Crippen molar-refractivity contribution in [2.24, 2.45) is 23.0 Å². The third kappa shape index (κ3) is 3.05. The highest BCUT2D eigenvalue weighted by molar-refractivity contribution is 7.89. The van der Waals surface area contributed by atoms with Crippen molar-refractivity contribution < 1.29 is 17.6 Å². The van der Waals surface area contributed by atoms with Gasteiger partial charge in [0.05, 0.1) is 11.9 Å². The summed E-state index contributed by atoms with van der Waals surface area (Å²) in [5, 5.41) is 3.90. The van der Waals surface area contributed by atoms with Gasteiger partial charge in [-0.2, -0.15) is 14.4 Å². The highest BCUT2D eigenvalue weighted by Crippen LogP contribution is 2.34. The second-order valence-electron chi connectivity index (χ2n) is 6.66. The number of carbonyl (C=O) groups excluding carboxylic acids is 1. The fraction of sp³-hybridized carbons (Fsp3) is 0.600. The van der Waals surface area contributed by atoms with Crippen LogP contribution in [0.5, 0.6) is 0 Å². The van der Waals surface area contributed by atoms with Crippen LogP contribution in [0.3, 0.4) is 0 Å². The van der Waals surface area contributed by atoms with E-state index in [0.717, 1.165) is 12.8 Å². The molecule has 26 heavy (non-hydrogen) atoms. The summed E-state index contributed by atoms with van der Waals surface area (Å²) in [6.07, 6.45) is 2.73. The van der Waals surface area contributed by atoms with Crippen LogP contribution in [-0.4, -0.2) is 77.3 Å². The molecule has 0 bridgehead atoms. The fourth-order valence-electron chi connectivity index (χ4n) is 3.11.